The Hall–Kier alpha value is -0.330. The molecule has 0 amide bonds. The molecule has 3 rings (SSSR count). The van der Waals surface area contributed by atoms with Gasteiger partial charge < -0.3 is 0 Å². The van der Waals surface area contributed by atoms with Crippen LogP contribution in [0.2, 0.25) is 0 Å². The zero-order valence-electron chi connectivity index (χ0n) is 5.39. The Morgan fingerprint density at radius 1 is 1.44 bits per heavy atom. The molecule has 3 aliphatic rings. The number of hydrogen-bond donors (Lipinski definition) is 0. The fourth-order valence-electron chi connectivity index (χ4n) is 2.71. The first-order valence-electron chi connectivity index (χ1n) is 3.86. The summed E-state index contributed by atoms with van der Waals surface area (Å²) >= 11 is 0. The van der Waals surface area contributed by atoms with E-state index in [-0.39, 0.29) is 0 Å². The van der Waals surface area contributed by atoms with Crippen molar-refractivity contribution in [2.24, 2.45) is 17.3 Å². The van der Waals surface area contributed by atoms with E-state index >= 15 is 0 Å². The molecule has 0 aromatic heterocycles. The van der Waals surface area contributed by atoms with Crippen molar-refractivity contribution in [3.05, 3.63) is 0 Å². The van der Waals surface area contributed by atoms with Crippen molar-refractivity contribution in [2.45, 2.75) is 25.7 Å². The van der Waals surface area contributed by atoms with Crippen molar-refractivity contribution in [2.75, 3.05) is 0 Å². The Morgan fingerprint density at radius 2 is 2.33 bits per heavy atom. The molecular weight excluding hydrogens is 112 g/mol. The normalized spacial score (nSPS) is 60.2. The molecule has 9 heavy (non-hydrogen) atoms. The molecule has 0 aromatic rings. The number of ketones is 1. The van der Waals surface area contributed by atoms with Crippen LogP contribution in [0.4, 0.5) is 0 Å². The third kappa shape index (κ3) is 0.347. The molecule has 3 atom stereocenters. The third-order valence-electron chi connectivity index (χ3n) is 3.53. The van der Waals surface area contributed by atoms with Gasteiger partial charge in [0, 0.05) is 12.3 Å². The van der Waals surface area contributed by atoms with Crippen molar-refractivity contribution in [1.29, 1.82) is 0 Å². The number of carbonyl (C=O) groups excluding carboxylic acids is 1. The maximum Gasteiger partial charge on any atom is 0.136 e. The minimum Gasteiger partial charge on any atom is -0.299 e. The van der Waals surface area contributed by atoms with Gasteiger partial charge in [-0.05, 0) is 30.6 Å². The molecule has 1 spiro atoms. The van der Waals surface area contributed by atoms with E-state index in [9.17, 15) is 4.79 Å². The minimum absolute atomic E-state index is 0.552. The summed E-state index contributed by atoms with van der Waals surface area (Å²) in [5.41, 5.74) is 0.634. The third-order valence-corrected chi connectivity index (χ3v) is 3.53. The van der Waals surface area contributed by atoms with Crippen molar-refractivity contribution in [1.82, 2.24) is 0 Å². The summed E-state index contributed by atoms with van der Waals surface area (Å²) in [5.74, 6) is 2.11. The first-order chi connectivity index (χ1) is 4.33. The van der Waals surface area contributed by atoms with Crippen LogP contribution in [0, 0.1) is 17.3 Å². The Labute approximate surface area is 54.4 Å². The summed E-state index contributed by atoms with van der Waals surface area (Å²) in [6.45, 7) is 0. The SMILES string of the molecule is O=C1CC[C@@H]2CC23C[C@@H]13. The van der Waals surface area contributed by atoms with Gasteiger partial charge in [-0.25, -0.2) is 0 Å². The summed E-state index contributed by atoms with van der Waals surface area (Å²) in [5, 5.41) is 0. The van der Waals surface area contributed by atoms with Crippen LogP contribution >= 0.6 is 0 Å². The molecule has 3 aliphatic carbocycles. The van der Waals surface area contributed by atoms with E-state index < -0.39 is 0 Å². The Kier molecular flexibility index (Phi) is 0.487. The molecule has 1 heteroatoms. The molecule has 3 fully saturated rings. The lowest BCUT2D eigenvalue weighted by atomic mass is 10.00. The number of hydrogen-bond acceptors (Lipinski definition) is 1. The maximum absolute atomic E-state index is 11.1. The number of carbonyl (C=O) groups is 1. The van der Waals surface area contributed by atoms with Gasteiger partial charge in [-0.2, -0.15) is 0 Å². The number of rotatable bonds is 0. The lowest BCUT2D eigenvalue weighted by Crippen LogP contribution is -2.08. The van der Waals surface area contributed by atoms with E-state index in [1.165, 1.54) is 19.3 Å². The standard InChI is InChI=1S/C8H10O/c9-7-2-1-5-3-8(5)4-6(7)8/h5-6H,1-4H2/t5-,6+,8?/m1/s1. The molecule has 0 radical (unpaired) electrons. The molecule has 0 heterocycles. The summed E-state index contributed by atoms with van der Waals surface area (Å²) in [6, 6.07) is 0. The monoisotopic (exact) mass is 122 g/mol. The highest BCUT2D eigenvalue weighted by molar-refractivity contribution is 5.87. The molecule has 0 N–H and O–H groups in total. The van der Waals surface area contributed by atoms with E-state index in [2.05, 4.69) is 0 Å². The van der Waals surface area contributed by atoms with Gasteiger partial charge in [-0.15, -0.1) is 0 Å². The molecule has 0 bridgehead atoms. The van der Waals surface area contributed by atoms with Gasteiger partial charge in [0.2, 0.25) is 0 Å². The predicted molar refractivity (Wildman–Crippen MR) is 32.9 cm³/mol. The van der Waals surface area contributed by atoms with Crippen LogP contribution in [-0.4, -0.2) is 5.78 Å². The second-order valence-corrected chi connectivity index (χ2v) is 3.90. The topological polar surface area (TPSA) is 17.1 Å². The largest absolute Gasteiger partial charge is 0.299 e. The highest BCUT2D eigenvalue weighted by atomic mass is 16.1. The molecular formula is C8H10O. The average molecular weight is 122 g/mol. The van der Waals surface area contributed by atoms with Gasteiger partial charge in [0.15, 0.2) is 0 Å². The van der Waals surface area contributed by atoms with Crippen LogP contribution in [0.25, 0.3) is 0 Å². The number of Topliss-reactive ketones (excluding diaryl/α,β-unsaturated/α-hetero) is 1. The highest BCUT2D eigenvalue weighted by Gasteiger charge is 2.73. The van der Waals surface area contributed by atoms with Crippen LogP contribution in [-0.2, 0) is 4.79 Å². The first-order valence-corrected chi connectivity index (χ1v) is 3.86. The van der Waals surface area contributed by atoms with E-state index in [0.717, 1.165) is 12.3 Å². The zero-order chi connectivity index (χ0) is 6.06. The Bertz CT molecular complexity index is 197. The van der Waals surface area contributed by atoms with E-state index in [1.807, 2.05) is 0 Å². The van der Waals surface area contributed by atoms with Gasteiger partial charge in [0.05, 0.1) is 0 Å². The van der Waals surface area contributed by atoms with Gasteiger partial charge in [0.25, 0.3) is 0 Å². The van der Waals surface area contributed by atoms with Crippen molar-refractivity contribution in [3.63, 3.8) is 0 Å². The van der Waals surface area contributed by atoms with E-state index in [0.29, 0.717) is 17.1 Å². The Morgan fingerprint density at radius 3 is 3.11 bits per heavy atom. The predicted octanol–water partition coefficient (Wildman–Crippen LogP) is 1.38. The van der Waals surface area contributed by atoms with Crippen LogP contribution in [0.5, 0.6) is 0 Å². The highest BCUT2D eigenvalue weighted by Crippen LogP contribution is 2.78. The zero-order valence-corrected chi connectivity index (χ0v) is 5.39. The molecule has 0 aliphatic heterocycles. The van der Waals surface area contributed by atoms with Crippen molar-refractivity contribution < 1.29 is 4.79 Å². The van der Waals surface area contributed by atoms with Crippen LogP contribution < -0.4 is 0 Å². The second kappa shape index (κ2) is 0.979. The quantitative estimate of drug-likeness (QED) is 0.474. The molecule has 0 saturated heterocycles. The summed E-state index contributed by atoms with van der Waals surface area (Å²) in [7, 11) is 0. The molecule has 3 saturated carbocycles. The van der Waals surface area contributed by atoms with E-state index in [4.69, 9.17) is 0 Å². The maximum atomic E-state index is 11.1. The van der Waals surface area contributed by atoms with Gasteiger partial charge in [-0.1, -0.05) is 0 Å². The second-order valence-electron chi connectivity index (χ2n) is 3.90. The lowest BCUT2D eigenvalue weighted by Gasteiger charge is -2.04. The van der Waals surface area contributed by atoms with Gasteiger partial charge >= 0.3 is 0 Å². The Balaban J connectivity index is 1.99. The summed E-state index contributed by atoms with van der Waals surface area (Å²) < 4.78 is 0. The molecule has 1 nitrogen and oxygen atoms in total. The smallest absolute Gasteiger partial charge is 0.136 e. The minimum atomic E-state index is 0.552. The van der Waals surface area contributed by atoms with Crippen molar-refractivity contribution >= 4 is 5.78 Å². The van der Waals surface area contributed by atoms with Gasteiger partial charge in [0.1, 0.15) is 5.78 Å². The average Bonchev–Trinajstić information content (AvgIpc) is 2.64. The summed E-state index contributed by atoms with van der Waals surface area (Å²) in [4.78, 5) is 11.1. The van der Waals surface area contributed by atoms with Crippen molar-refractivity contribution in [3.8, 4) is 0 Å². The van der Waals surface area contributed by atoms with E-state index in [1.54, 1.807) is 0 Å². The fourth-order valence-corrected chi connectivity index (χ4v) is 2.71. The molecule has 0 aromatic carbocycles. The summed E-state index contributed by atoms with van der Waals surface area (Å²) in [6.07, 6.45) is 4.77. The molecule has 1 unspecified atom stereocenters. The lowest BCUT2D eigenvalue weighted by molar-refractivity contribution is -0.121. The van der Waals surface area contributed by atoms with Crippen LogP contribution in [0.1, 0.15) is 25.7 Å². The first kappa shape index (κ1) is 4.48. The fraction of sp³-hybridized carbons (Fsp3) is 0.875. The van der Waals surface area contributed by atoms with Crippen LogP contribution in [0.3, 0.4) is 0 Å². The van der Waals surface area contributed by atoms with Crippen LogP contribution in [0.15, 0.2) is 0 Å². The van der Waals surface area contributed by atoms with Gasteiger partial charge in [-0.3, -0.25) is 4.79 Å². The molecule has 48 valence electrons.